The first-order valence-corrected chi connectivity index (χ1v) is 13.6. The number of hydrogen-bond acceptors (Lipinski definition) is 5. The lowest BCUT2D eigenvalue weighted by molar-refractivity contribution is -0.130. The third-order valence-electron chi connectivity index (χ3n) is 7.91. The highest BCUT2D eigenvalue weighted by Gasteiger charge is 2.37. The Labute approximate surface area is 230 Å². The van der Waals surface area contributed by atoms with Gasteiger partial charge in [-0.2, -0.15) is 0 Å². The number of fused-ring (bicyclic) bond motifs is 1. The van der Waals surface area contributed by atoms with Crippen molar-refractivity contribution in [1.29, 1.82) is 0 Å². The van der Waals surface area contributed by atoms with Crippen LogP contribution in [0.25, 0.3) is 0 Å². The van der Waals surface area contributed by atoms with Gasteiger partial charge in [0, 0.05) is 38.2 Å². The number of carbonyl (C=O) groups excluding carboxylic acids is 2. The zero-order valence-corrected chi connectivity index (χ0v) is 22.7. The smallest absolute Gasteiger partial charge is 0.253 e. The van der Waals surface area contributed by atoms with Crippen LogP contribution in [0.3, 0.4) is 0 Å². The van der Waals surface area contributed by atoms with E-state index in [4.69, 9.17) is 14.2 Å². The van der Waals surface area contributed by atoms with Crippen molar-refractivity contribution >= 4 is 11.8 Å². The largest absolute Gasteiger partial charge is 0.493 e. The first-order valence-electron chi connectivity index (χ1n) is 13.6. The van der Waals surface area contributed by atoms with Crippen molar-refractivity contribution in [1.82, 2.24) is 9.80 Å². The molecular weight excluding hydrogens is 492 g/mol. The van der Waals surface area contributed by atoms with Gasteiger partial charge in [0.1, 0.15) is 11.5 Å². The Balaban J connectivity index is 1.11. The van der Waals surface area contributed by atoms with Crippen LogP contribution in [0.2, 0.25) is 0 Å². The number of aryl methyl sites for hydroxylation is 1. The van der Waals surface area contributed by atoms with E-state index in [1.807, 2.05) is 82.6 Å². The Morgan fingerprint density at radius 2 is 1.41 bits per heavy atom. The van der Waals surface area contributed by atoms with E-state index in [9.17, 15) is 9.59 Å². The summed E-state index contributed by atoms with van der Waals surface area (Å²) in [5.74, 6) is 3.98. The van der Waals surface area contributed by atoms with E-state index in [1.54, 1.807) is 14.2 Å². The topological polar surface area (TPSA) is 68.3 Å². The minimum Gasteiger partial charge on any atom is -0.493 e. The zero-order valence-electron chi connectivity index (χ0n) is 22.7. The standard InChI is InChI=1S/C32H36N2O5/c1-37-29-14-8-23(20-30(29)38-2)9-15-31(35)34-21-25-16-18-33(19-17-26(25)22-34)32(36)24-10-12-28(13-11-24)39-27-6-4-3-5-7-27/h3-8,10-14,20,25-26H,9,15-19,21-22H2,1-2H3/t25-,26+. The van der Waals surface area contributed by atoms with Crippen molar-refractivity contribution < 1.29 is 23.8 Å². The van der Waals surface area contributed by atoms with Gasteiger partial charge in [-0.3, -0.25) is 9.59 Å². The van der Waals surface area contributed by atoms with Crippen LogP contribution >= 0.6 is 0 Å². The molecule has 0 radical (unpaired) electrons. The number of nitrogens with zero attached hydrogens (tertiary/aromatic N) is 2. The van der Waals surface area contributed by atoms with Gasteiger partial charge in [-0.1, -0.05) is 24.3 Å². The highest BCUT2D eigenvalue weighted by atomic mass is 16.5. The highest BCUT2D eigenvalue weighted by molar-refractivity contribution is 5.94. The average Bonchev–Trinajstić information content (AvgIpc) is 3.29. The number of hydrogen-bond donors (Lipinski definition) is 0. The quantitative estimate of drug-likeness (QED) is 0.390. The fourth-order valence-corrected chi connectivity index (χ4v) is 5.67. The van der Waals surface area contributed by atoms with E-state index in [-0.39, 0.29) is 11.8 Å². The molecule has 0 spiro atoms. The third kappa shape index (κ3) is 6.36. The second-order valence-corrected chi connectivity index (χ2v) is 10.3. The van der Waals surface area contributed by atoms with Crippen molar-refractivity contribution in [2.24, 2.45) is 11.8 Å². The maximum atomic E-state index is 13.2. The molecule has 0 aliphatic carbocycles. The van der Waals surface area contributed by atoms with E-state index in [2.05, 4.69) is 0 Å². The van der Waals surface area contributed by atoms with Crippen LogP contribution < -0.4 is 14.2 Å². The number of para-hydroxylation sites is 1. The summed E-state index contributed by atoms with van der Waals surface area (Å²) in [5, 5.41) is 0. The molecule has 2 fully saturated rings. The van der Waals surface area contributed by atoms with Gasteiger partial charge in [0.05, 0.1) is 14.2 Å². The number of methoxy groups -OCH3 is 2. The molecule has 2 aliphatic heterocycles. The molecule has 3 aromatic rings. The molecule has 0 aromatic heterocycles. The molecule has 0 unspecified atom stereocenters. The maximum absolute atomic E-state index is 13.2. The SMILES string of the molecule is COc1ccc(CCC(=O)N2C[C@H]3CCN(C(=O)c4ccc(Oc5ccccc5)cc4)CC[C@H]3C2)cc1OC. The fraction of sp³-hybridized carbons (Fsp3) is 0.375. The Morgan fingerprint density at radius 3 is 2.05 bits per heavy atom. The van der Waals surface area contributed by atoms with Crippen molar-refractivity contribution in [3.05, 3.63) is 83.9 Å². The van der Waals surface area contributed by atoms with Crippen molar-refractivity contribution in [3.8, 4) is 23.0 Å². The first kappa shape index (κ1) is 26.6. The monoisotopic (exact) mass is 528 g/mol. The van der Waals surface area contributed by atoms with Crippen molar-refractivity contribution in [2.45, 2.75) is 25.7 Å². The van der Waals surface area contributed by atoms with Crippen LogP contribution in [0, 0.1) is 11.8 Å². The molecule has 0 bridgehead atoms. The second-order valence-electron chi connectivity index (χ2n) is 10.3. The molecule has 5 rings (SSSR count). The molecule has 2 atom stereocenters. The Morgan fingerprint density at radius 1 is 0.769 bits per heavy atom. The summed E-state index contributed by atoms with van der Waals surface area (Å²) < 4.78 is 16.5. The molecule has 3 aromatic carbocycles. The lowest BCUT2D eigenvalue weighted by Crippen LogP contribution is -2.34. The molecule has 39 heavy (non-hydrogen) atoms. The van der Waals surface area contributed by atoms with Gasteiger partial charge < -0.3 is 24.0 Å². The summed E-state index contributed by atoms with van der Waals surface area (Å²) in [7, 11) is 3.23. The zero-order chi connectivity index (χ0) is 27.2. The molecule has 2 amide bonds. The van der Waals surface area contributed by atoms with Crippen LogP contribution in [0.1, 0.15) is 35.2 Å². The Kier molecular flexibility index (Phi) is 8.35. The predicted octanol–water partition coefficient (Wildman–Crippen LogP) is 5.44. The van der Waals surface area contributed by atoms with Gasteiger partial charge in [-0.25, -0.2) is 0 Å². The molecule has 2 heterocycles. The number of amides is 2. The summed E-state index contributed by atoms with van der Waals surface area (Å²) in [6, 6.07) is 22.8. The molecule has 0 saturated carbocycles. The lowest BCUT2D eigenvalue weighted by Gasteiger charge is -2.22. The van der Waals surface area contributed by atoms with Crippen molar-refractivity contribution in [2.75, 3.05) is 40.4 Å². The molecule has 7 heteroatoms. The second kappa shape index (κ2) is 12.2. The van der Waals surface area contributed by atoms with Crippen LogP contribution in [0.4, 0.5) is 0 Å². The van der Waals surface area contributed by atoms with Gasteiger partial charge in [-0.05, 0) is 85.2 Å². The number of carbonyl (C=O) groups is 2. The van der Waals surface area contributed by atoms with Gasteiger partial charge in [0.2, 0.25) is 5.91 Å². The maximum Gasteiger partial charge on any atom is 0.253 e. The number of rotatable bonds is 8. The summed E-state index contributed by atoms with van der Waals surface area (Å²) in [6.45, 7) is 3.00. The minimum atomic E-state index is 0.0593. The summed E-state index contributed by atoms with van der Waals surface area (Å²) in [5.41, 5.74) is 1.73. The molecule has 2 aliphatic rings. The molecule has 0 N–H and O–H groups in total. The van der Waals surface area contributed by atoms with E-state index in [0.717, 1.165) is 50.3 Å². The number of benzene rings is 3. The normalized spacial score (nSPS) is 18.7. The lowest BCUT2D eigenvalue weighted by atomic mass is 9.92. The summed E-state index contributed by atoms with van der Waals surface area (Å²) in [6.07, 6.45) is 2.99. The summed E-state index contributed by atoms with van der Waals surface area (Å²) >= 11 is 0. The Hall–Kier alpha value is -4.00. The first-order chi connectivity index (χ1) is 19.0. The van der Waals surface area contributed by atoms with Gasteiger partial charge in [0.15, 0.2) is 11.5 Å². The molecular formula is C32H36N2O5. The van der Waals surface area contributed by atoms with E-state index in [1.165, 1.54) is 0 Å². The van der Waals surface area contributed by atoms with Crippen molar-refractivity contribution in [3.63, 3.8) is 0 Å². The van der Waals surface area contributed by atoms with E-state index < -0.39 is 0 Å². The molecule has 204 valence electrons. The van der Waals surface area contributed by atoms with Crippen LogP contribution in [0.15, 0.2) is 72.8 Å². The Bertz CT molecular complexity index is 1260. The summed E-state index contributed by atoms with van der Waals surface area (Å²) in [4.78, 5) is 30.2. The van der Waals surface area contributed by atoms with Crippen LogP contribution in [-0.2, 0) is 11.2 Å². The van der Waals surface area contributed by atoms with E-state index >= 15 is 0 Å². The van der Waals surface area contributed by atoms with Gasteiger partial charge >= 0.3 is 0 Å². The number of ether oxygens (including phenoxy) is 3. The highest BCUT2D eigenvalue weighted by Crippen LogP contribution is 2.33. The van der Waals surface area contributed by atoms with Crippen LogP contribution in [0.5, 0.6) is 23.0 Å². The van der Waals surface area contributed by atoms with Crippen LogP contribution in [-0.4, -0.2) is 62.0 Å². The average molecular weight is 529 g/mol. The number of likely N-dealkylation sites (tertiary alicyclic amines) is 2. The minimum absolute atomic E-state index is 0.0593. The fourth-order valence-electron chi connectivity index (χ4n) is 5.67. The third-order valence-corrected chi connectivity index (χ3v) is 7.91. The van der Waals surface area contributed by atoms with Gasteiger partial charge in [-0.15, -0.1) is 0 Å². The van der Waals surface area contributed by atoms with Gasteiger partial charge in [0.25, 0.3) is 5.91 Å². The van der Waals surface area contributed by atoms with E-state index in [0.29, 0.717) is 47.5 Å². The molecule has 2 saturated heterocycles. The molecule has 7 nitrogen and oxygen atoms in total. The predicted molar refractivity (Wildman–Crippen MR) is 150 cm³/mol.